The summed E-state index contributed by atoms with van der Waals surface area (Å²) in [5.41, 5.74) is 2.66. The molecule has 0 amide bonds. The maximum Gasteiger partial charge on any atom is 0.117 e. The Kier molecular flexibility index (Phi) is 1.56. The van der Waals surface area contributed by atoms with Crippen LogP contribution in [0.4, 0.5) is 5.69 Å². The van der Waals surface area contributed by atoms with Crippen LogP contribution >= 0.6 is 0 Å². The lowest BCUT2D eigenvalue weighted by molar-refractivity contribution is 0.475. The molecular formula is C11H15NO. The number of hydrogen-bond acceptors (Lipinski definition) is 2. The third kappa shape index (κ3) is 1.17. The number of benzene rings is 1. The van der Waals surface area contributed by atoms with Crippen molar-refractivity contribution in [1.29, 1.82) is 0 Å². The van der Waals surface area contributed by atoms with E-state index < -0.39 is 0 Å². The van der Waals surface area contributed by atoms with Crippen molar-refractivity contribution in [2.75, 3.05) is 11.9 Å². The molecule has 1 aromatic rings. The second-order valence-corrected chi connectivity index (χ2v) is 4.36. The van der Waals surface area contributed by atoms with Gasteiger partial charge in [0, 0.05) is 24.3 Å². The van der Waals surface area contributed by atoms with E-state index in [9.17, 15) is 5.11 Å². The number of hydrogen-bond donors (Lipinski definition) is 1. The molecule has 1 aliphatic rings. The molecule has 0 radical (unpaired) electrons. The predicted octanol–water partition coefficient (Wildman–Crippen LogP) is 2.16. The van der Waals surface area contributed by atoms with Gasteiger partial charge in [-0.3, -0.25) is 0 Å². The minimum absolute atomic E-state index is 0.177. The summed E-state index contributed by atoms with van der Waals surface area (Å²) in [5, 5.41) is 9.36. The zero-order valence-electron chi connectivity index (χ0n) is 8.33. The maximum atomic E-state index is 9.36. The van der Waals surface area contributed by atoms with Crippen molar-refractivity contribution in [1.82, 2.24) is 0 Å². The first-order valence-electron chi connectivity index (χ1n) is 4.56. The summed E-state index contributed by atoms with van der Waals surface area (Å²) in [7, 11) is 2.07. The Hall–Kier alpha value is -1.18. The van der Waals surface area contributed by atoms with Crippen molar-refractivity contribution in [3.63, 3.8) is 0 Å². The fourth-order valence-electron chi connectivity index (χ4n) is 1.92. The summed E-state index contributed by atoms with van der Waals surface area (Å²) < 4.78 is 0. The number of likely N-dealkylation sites (N-methyl/N-ethyl adjacent to an activating group) is 1. The van der Waals surface area contributed by atoms with Crippen molar-refractivity contribution < 1.29 is 5.11 Å². The van der Waals surface area contributed by atoms with E-state index in [1.165, 1.54) is 5.56 Å². The lowest BCUT2D eigenvalue weighted by Crippen LogP contribution is -2.37. The highest BCUT2D eigenvalue weighted by Gasteiger charge is 2.32. The summed E-state index contributed by atoms with van der Waals surface area (Å²) >= 11 is 0. The summed E-state index contributed by atoms with van der Waals surface area (Å²) in [4.78, 5) is 2.22. The standard InChI is InChI=1S/C11H15NO/c1-11(2)7-8-4-5-9(13)6-10(8)12(11)3/h4-6,13H,7H2,1-3H3. The second kappa shape index (κ2) is 2.41. The van der Waals surface area contributed by atoms with Gasteiger partial charge in [-0.25, -0.2) is 0 Å². The molecule has 70 valence electrons. The van der Waals surface area contributed by atoms with Crippen LogP contribution in [0.15, 0.2) is 18.2 Å². The molecule has 1 N–H and O–H groups in total. The molecular weight excluding hydrogens is 162 g/mol. The average molecular weight is 177 g/mol. The first-order valence-corrected chi connectivity index (χ1v) is 4.56. The molecule has 2 heteroatoms. The molecule has 0 aromatic heterocycles. The zero-order valence-corrected chi connectivity index (χ0v) is 8.33. The van der Waals surface area contributed by atoms with Crippen molar-refractivity contribution in [2.24, 2.45) is 0 Å². The molecule has 0 aliphatic carbocycles. The third-order valence-corrected chi connectivity index (χ3v) is 2.96. The predicted molar refractivity (Wildman–Crippen MR) is 54.3 cm³/mol. The monoisotopic (exact) mass is 177 g/mol. The minimum Gasteiger partial charge on any atom is -0.508 e. The van der Waals surface area contributed by atoms with E-state index in [4.69, 9.17) is 0 Å². The van der Waals surface area contributed by atoms with Crippen LogP contribution in [0, 0.1) is 0 Å². The van der Waals surface area contributed by atoms with Gasteiger partial charge in [0.1, 0.15) is 5.75 Å². The van der Waals surface area contributed by atoms with Crippen LogP contribution in [-0.2, 0) is 6.42 Å². The molecule has 0 bridgehead atoms. The normalized spacial score (nSPS) is 18.8. The summed E-state index contributed by atoms with van der Waals surface area (Å²) in [6.45, 7) is 4.42. The summed E-state index contributed by atoms with van der Waals surface area (Å²) in [6.07, 6.45) is 1.05. The van der Waals surface area contributed by atoms with E-state index in [-0.39, 0.29) is 5.54 Å². The molecule has 0 spiro atoms. The topological polar surface area (TPSA) is 23.5 Å². The highest BCUT2D eigenvalue weighted by molar-refractivity contribution is 5.62. The molecule has 0 unspecified atom stereocenters. The van der Waals surface area contributed by atoms with E-state index in [2.05, 4.69) is 25.8 Å². The molecule has 0 atom stereocenters. The van der Waals surface area contributed by atoms with Gasteiger partial charge in [-0.2, -0.15) is 0 Å². The molecule has 13 heavy (non-hydrogen) atoms. The molecule has 1 aliphatic heterocycles. The van der Waals surface area contributed by atoms with Gasteiger partial charge >= 0.3 is 0 Å². The highest BCUT2D eigenvalue weighted by atomic mass is 16.3. The molecule has 0 fully saturated rings. The Bertz CT molecular complexity index is 344. The van der Waals surface area contributed by atoms with Gasteiger partial charge in [0.25, 0.3) is 0 Å². The Balaban J connectivity index is 2.51. The minimum atomic E-state index is 0.177. The van der Waals surface area contributed by atoms with Crippen molar-refractivity contribution in [2.45, 2.75) is 25.8 Å². The zero-order chi connectivity index (χ0) is 9.64. The molecule has 2 nitrogen and oxygen atoms in total. The van der Waals surface area contributed by atoms with E-state index in [0.29, 0.717) is 5.75 Å². The van der Waals surface area contributed by atoms with Gasteiger partial charge in [0.05, 0.1) is 0 Å². The Morgan fingerprint density at radius 1 is 1.38 bits per heavy atom. The van der Waals surface area contributed by atoms with Crippen molar-refractivity contribution >= 4 is 5.69 Å². The van der Waals surface area contributed by atoms with E-state index in [1.807, 2.05) is 12.1 Å². The lowest BCUT2D eigenvalue weighted by Gasteiger charge is -2.29. The number of fused-ring (bicyclic) bond motifs is 1. The van der Waals surface area contributed by atoms with Crippen LogP contribution < -0.4 is 4.90 Å². The van der Waals surface area contributed by atoms with Crippen LogP contribution in [0.3, 0.4) is 0 Å². The number of aromatic hydroxyl groups is 1. The van der Waals surface area contributed by atoms with E-state index in [1.54, 1.807) is 6.07 Å². The van der Waals surface area contributed by atoms with Crippen LogP contribution in [0.1, 0.15) is 19.4 Å². The molecule has 2 rings (SSSR count). The van der Waals surface area contributed by atoms with E-state index >= 15 is 0 Å². The first-order chi connectivity index (χ1) is 6.00. The summed E-state index contributed by atoms with van der Waals surface area (Å²) in [6, 6.07) is 5.61. The SMILES string of the molecule is CN1c2cc(O)ccc2CC1(C)C. The first kappa shape index (κ1) is 8.42. The summed E-state index contributed by atoms with van der Waals surface area (Å²) in [5.74, 6) is 0.350. The Labute approximate surface area is 78.8 Å². The number of rotatable bonds is 0. The van der Waals surface area contributed by atoms with Crippen LogP contribution in [0.2, 0.25) is 0 Å². The van der Waals surface area contributed by atoms with Gasteiger partial charge in [0.15, 0.2) is 0 Å². The molecule has 0 saturated carbocycles. The quantitative estimate of drug-likeness (QED) is 0.656. The Morgan fingerprint density at radius 2 is 2.08 bits per heavy atom. The fraction of sp³-hybridized carbons (Fsp3) is 0.455. The van der Waals surface area contributed by atoms with Gasteiger partial charge < -0.3 is 10.0 Å². The third-order valence-electron chi connectivity index (χ3n) is 2.96. The van der Waals surface area contributed by atoms with Crippen molar-refractivity contribution in [3.05, 3.63) is 23.8 Å². The number of phenolic OH excluding ortho intramolecular Hbond substituents is 1. The Morgan fingerprint density at radius 3 is 2.77 bits per heavy atom. The number of phenols is 1. The van der Waals surface area contributed by atoms with Crippen LogP contribution in [0.5, 0.6) is 5.75 Å². The molecule has 1 heterocycles. The van der Waals surface area contributed by atoms with Gasteiger partial charge in [0.2, 0.25) is 0 Å². The van der Waals surface area contributed by atoms with Crippen LogP contribution in [0.25, 0.3) is 0 Å². The van der Waals surface area contributed by atoms with Gasteiger partial charge in [-0.05, 0) is 31.9 Å². The van der Waals surface area contributed by atoms with Crippen molar-refractivity contribution in [3.8, 4) is 5.75 Å². The van der Waals surface area contributed by atoms with Gasteiger partial charge in [-0.15, -0.1) is 0 Å². The van der Waals surface area contributed by atoms with Gasteiger partial charge in [-0.1, -0.05) is 6.07 Å². The van der Waals surface area contributed by atoms with E-state index in [0.717, 1.165) is 12.1 Å². The second-order valence-electron chi connectivity index (χ2n) is 4.36. The lowest BCUT2D eigenvalue weighted by atomic mass is 10.00. The fourth-order valence-corrected chi connectivity index (χ4v) is 1.92. The highest BCUT2D eigenvalue weighted by Crippen LogP contribution is 2.38. The smallest absolute Gasteiger partial charge is 0.117 e. The number of nitrogens with zero attached hydrogens (tertiary/aromatic N) is 1. The molecule has 0 saturated heterocycles. The maximum absolute atomic E-state index is 9.36. The number of anilines is 1. The average Bonchev–Trinajstić information content (AvgIpc) is 2.26. The van der Waals surface area contributed by atoms with Crippen LogP contribution in [-0.4, -0.2) is 17.7 Å². The molecule has 1 aromatic carbocycles. The largest absolute Gasteiger partial charge is 0.508 e.